The Morgan fingerprint density at radius 1 is 1.07 bits per heavy atom. The van der Waals surface area contributed by atoms with Crippen LogP contribution in [0, 0.1) is 0 Å². The van der Waals surface area contributed by atoms with Crippen molar-refractivity contribution in [1.82, 2.24) is 10.6 Å². The Labute approximate surface area is 88.4 Å². The van der Waals surface area contributed by atoms with Gasteiger partial charge in [0.2, 0.25) is 5.91 Å². The maximum atomic E-state index is 11.3. The average molecular weight is 216 g/mol. The summed E-state index contributed by atoms with van der Waals surface area (Å²) in [5.41, 5.74) is 0. The fourth-order valence-corrected chi connectivity index (χ4v) is 0.823. The van der Waals surface area contributed by atoms with E-state index < -0.39 is 17.9 Å². The molecule has 0 aromatic rings. The van der Waals surface area contributed by atoms with E-state index in [0.29, 0.717) is 0 Å². The predicted octanol–water partition coefficient (Wildman–Crippen LogP) is -0.811. The summed E-state index contributed by atoms with van der Waals surface area (Å²) in [7, 11) is 1.10. The lowest BCUT2D eigenvalue weighted by atomic mass is 10.3. The van der Waals surface area contributed by atoms with Crippen LogP contribution in [0.3, 0.4) is 0 Å². The third kappa shape index (κ3) is 4.99. The van der Waals surface area contributed by atoms with Crippen molar-refractivity contribution in [3.8, 4) is 0 Å². The first-order valence-corrected chi connectivity index (χ1v) is 4.57. The molecule has 0 saturated heterocycles. The third-order valence-electron chi connectivity index (χ3n) is 1.54. The zero-order chi connectivity index (χ0) is 12.0. The van der Waals surface area contributed by atoms with Crippen LogP contribution in [0.25, 0.3) is 0 Å². The summed E-state index contributed by atoms with van der Waals surface area (Å²) in [6.07, 6.45) is 0. The molecule has 1 atom stereocenters. The molecule has 0 heterocycles. The van der Waals surface area contributed by atoms with Crippen LogP contribution >= 0.6 is 0 Å². The number of carbonyl (C=O) groups excluding carboxylic acids is 3. The van der Waals surface area contributed by atoms with Crippen LogP contribution in [0.4, 0.5) is 0 Å². The van der Waals surface area contributed by atoms with Gasteiger partial charge in [-0.25, -0.2) is 4.79 Å². The summed E-state index contributed by atoms with van der Waals surface area (Å²) in [4.78, 5) is 33.1. The molecule has 0 aliphatic carbocycles. The minimum Gasteiger partial charge on any atom is -0.462 e. The van der Waals surface area contributed by atoms with Crippen LogP contribution in [0.5, 0.6) is 0 Å². The molecule has 6 heteroatoms. The Morgan fingerprint density at radius 2 is 1.60 bits per heavy atom. The van der Waals surface area contributed by atoms with Gasteiger partial charge < -0.3 is 15.4 Å². The van der Waals surface area contributed by atoms with Crippen LogP contribution in [-0.4, -0.2) is 37.0 Å². The second-order valence-electron chi connectivity index (χ2n) is 3.35. The van der Waals surface area contributed by atoms with Crippen molar-refractivity contribution >= 4 is 17.8 Å². The van der Waals surface area contributed by atoms with Crippen molar-refractivity contribution in [1.29, 1.82) is 0 Å². The molecule has 86 valence electrons. The molecule has 1 unspecified atom stereocenters. The highest BCUT2D eigenvalue weighted by molar-refractivity contribution is 6.32. The smallest absolute Gasteiger partial charge is 0.396 e. The van der Waals surface area contributed by atoms with Gasteiger partial charge in [-0.05, 0) is 20.8 Å². The summed E-state index contributed by atoms with van der Waals surface area (Å²) >= 11 is 0. The van der Waals surface area contributed by atoms with Crippen molar-refractivity contribution in [2.24, 2.45) is 0 Å². The molecule has 0 aromatic heterocycles. The lowest BCUT2D eigenvalue weighted by Gasteiger charge is -2.15. The summed E-state index contributed by atoms with van der Waals surface area (Å²) in [5.74, 6) is -2.29. The van der Waals surface area contributed by atoms with Crippen molar-refractivity contribution in [2.45, 2.75) is 32.9 Å². The quantitative estimate of drug-likeness (QED) is 0.477. The number of carbonyl (C=O) groups is 3. The van der Waals surface area contributed by atoms with E-state index in [0.717, 1.165) is 7.11 Å². The van der Waals surface area contributed by atoms with Gasteiger partial charge in [-0.1, -0.05) is 0 Å². The summed E-state index contributed by atoms with van der Waals surface area (Å²) < 4.78 is 4.19. The van der Waals surface area contributed by atoms with Gasteiger partial charge >= 0.3 is 11.9 Å². The van der Waals surface area contributed by atoms with Gasteiger partial charge in [0.25, 0.3) is 0 Å². The number of rotatable bonds is 3. The van der Waals surface area contributed by atoms with E-state index in [4.69, 9.17) is 0 Å². The number of ether oxygens (including phenoxy) is 1. The SMILES string of the molecule is COC(=O)C(=O)NC(C)C(=O)NC(C)C. The Balaban J connectivity index is 4.13. The highest BCUT2D eigenvalue weighted by Gasteiger charge is 2.20. The molecule has 0 rings (SSSR count). The lowest BCUT2D eigenvalue weighted by Crippen LogP contribution is -2.48. The Bertz CT molecular complexity index is 263. The van der Waals surface area contributed by atoms with Crippen LogP contribution < -0.4 is 10.6 Å². The minimum absolute atomic E-state index is 0.0185. The fourth-order valence-electron chi connectivity index (χ4n) is 0.823. The standard InChI is InChI=1S/C9H16N2O4/c1-5(2)10-7(12)6(3)11-8(13)9(14)15-4/h5-6H,1-4H3,(H,10,12)(H,11,13). The van der Waals surface area contributed by atoms with Gasteiger partial charge in [0.15, 0.2) is 0 Å². The molecule has 0 bridgehead atoms. The summed E-state index contributed by atoms with van der Waals surface area (Å²) in [6, 6.07) is -0.783. The summed E-state index contributed by atoms with van der Waals surface area (Å²) in [6.45, 7) is 5.08. The largest absolute Gasteiger partial charge is 0.462 e. The number of nitrogens with one attached hydrogen (secondary N) is 2. The molecule has 15 heavy (non-hydrogen) atoms. The Morgan fingerprint density at radius 3 is 2.00 bits per heavy atom. The van der Waals surface area contributed by atoms with Gasteiger partial charge in [0.1, 0.15) is 6.04 Å². The van der Waals surface area contributed by atoms with Crippen molar-refractivity contribution < 1.29 is 19.1 Å². The number of esters is 1. The number of hydrogen-bond acceptors (Lipinski definition) is 4. The zero-order valence-corrected chi connectivity index (χ0v) is 9.29. The molecular formula is C9H16N2O4. The van der Waals surface area contributed by atoms with E-state index in [-0.39, 0.29) is 11.9 Å². The topological polar surface area (TPSA) is 84.5 Å². The van der Waals surface area contributed by atoms with Crippen LogP contribution in [0.15, 0.2) is 0 Å². The van der Waals surface area contributed by atoms with E-state index in [1.807, 2.05) is 0 Å². The maximum Gasteiger partial charge on any atom is 0.396 e. The van der Waals surface area contributed by atoms with E-state index in [9.17, 15) is 14.4 Å². The first kappa shape index (κ1) is 13.4. The molecule has 0 aliphatic rings. The average Bonchev–Trinajstić information content (AvgIpc) is 2.15. The number of methoxy groups -OCH3 is 1. The van der Waals surface area contributed by atoms with E-state index in [1.54, 1.807) is 13.8 Å². The monoisotopic (exact) mass is 216 g/mol. The highest BCUT2D eigenvalue weighted by atomic mass is 16.5. The number of amides is 2. The molecule has 2 N–H and O–H groups in total. The normalized spacial score (nSPS) is 11.8. The highest BCUT2D eigenvalue weighted by Crippen LogP contribution is 1.86. The Kier molecular flexibility index (Phi) is 5.36. The van der Waals surface area contributed by atoms with E-state index >= 15 is 0 Å². The molecule has 0 saturated carbocycles. The first-order chi connectivity index (χ1) is 6.88. The molecule has 0 aliphatic heterocycles. The lowest BCUT2D eigenvalue weighted by molar-refractivity contribution is -0.153. The van der Waals surface area contributed by atoms with Crippen molar-refractivity contribution in [2.75, 3.05) is 7.11 Å². The first-order valence-electron chi connectivity index (χ1n) is 4.57. The molecule has 0 aromatic carbocycles. The van der Waals surface area contributed by atoms with Crippen molar-refractivity contribution in [3.63, 3.8) is 0 Å². The van der Waals surface area contributed by atoms with Gasteiger partial charge in [0, 0.05) is 6.04 Å². The predicted molar refractivity (Wildman–Crippen MR) is 52.9 cm³/mol. The maximum absolute atomic E-state index is 11.3. The van der Waals surface area contributed by atoms with E-state index in [1.165, 1.54) is 6.92 Å². The number of hydrogen-bond donors (Lipinski definition) is 2. The molecule has 0 spiro atoms. The second kappa shape index (κ2) is 6.00. The van der Waals surface area contributed by atoms with Crippen molar-refractivity contribution in [3.05, 3.63) is 0 Å². The van der Waals surface area contributed by atoms with Gasteiger partial charge in [-0.2, -0.15) is 0 Å². The second-order valence-corrected chi connectivity index (χ2v) is 3.35. The van der Waals surface area contributed by atoms with Crippen LogP contribution in [-0.2, 0) is 19.1 Å². The Hall–Kier alpha value is -1.59. The minimum atomic E-state index is -1.01. The molecule has 0 fully saturated rings. The van der Waals surface area contributed by atoms with Gasteiger partial charge in [0.05, 0.1) is 7.11 Å². The molecule has 2 amide bonds. The molecule has 6 nitrogen and oxygen atoms in total. The zero-order valence-electron chi connectivity index (χ0n) is 9.29. The van der Waals surface area contributed by atoms with Gasteiger partial charge in [-0.15, -0.1) is 0 Å². The van der Waals surface area contributed by atoms with E-state index in [2.05, 4.69) is 15.4 Å². The fraction of sp³-hybridized carbons (Fsp3) is 0.667. The molecule has 0 radical (unpaired) electrons. The van der Waals surface area contributed by atoms with Crippen LogP contribution in [0.1, 0.15) is 20.8 Å². The van der Waals surface area contributed by atoms with Crippen LogP contribution in [0.2, 0.25) is 0 Å². The van der Waals surface area contributed by atoms with Gasteiger partial charge in [-0.3, -0.25) is 9.59 Å². The summed E-state index contributed by atoms with van der Waals surface area (Å²) in [5, 5.41) is 4.81. The third-order valence-corrected chi connectivity index (χ3v) is 1.54. The molecular weight excluding hydrogens is 200 g/mol.